The van der Waals surface area contributed by atoms with E-state index >= 15 is 0 Å². The highest BCUT2D eigenvalue weighted by Gasteiger charge is 2.15. The van der Waals surface area contributed by atoms with E-state index < -0.39 is 0 Å². The molecular formula is C14H8Br2FN3O. The van der Waals surface area contributed by atoms with Crippen molar-refractivity contribution in [2.24, 2.45) is 0 Å². The average molecular weight is 413 g/mol. The minimum absolute atomic E-state index is 0.309. The fourth-order valence-corrected chi connectivity index (χ4v) is 2.55. The number of rotatable bonds is 2. The van der Waals surface area contributed by atoms with E-state index in [0.717, 1.165) is 4.47 Å². The normalized spacial score (nSPS) is 10.8. The molecule has 0 bridgehead atoms. The Labute approximate surface area is 136 Å². The first-order chi connectivity index (χ1) is 10.1. The zero-order chi connectivity index (χ0) is 15.0. The van der Waals surface area contributed by atoms with Crippen LogP contribution in [0.25, 0.3) is 22.8 Å². The number of nitrogen functional groups attached to an aromatic ring is 1. The van der Waals surface area contributed by atoms with Crippen LogP contribution >= 0.6 is 31.9 Å². The van der Waals surface area contributed by atoms with Crippen LogP contribution in [0, 0.1) is 5.82 Å². The van der Waals surface area contributed by atoms with Gasteiger partial charge in [0.05, 0.1) is 15.7 Å². The van der Waals surface area contributed by atoms with Gasteiger partial charge in [-0.1, -0.05) is 11.2 Å². The van der Waals surface area contributed by atoms with Crippen LogP contribution in [0.4, 0.5) is 10.1 Å². The average Bonchev–Trinajstić information content (AvgIpc) is 2.94. The molecular weight excluding hydrogens is 405 g/mol. The van der Waals surface area contributed by atoms with Crippen molar-refractivity contribution in [2.45, 2.75) is 0 Å². The van der Waals surface area contributed by atoms with Gasteiger partial charge in [0.2, 0.25) is 5.82 Å². The van der Waals surface area contributed by atoms with Gasteiger partial charge >= 0.3 is 0 Å². The quantitative estimate of drug-likeness (QED) is 0.622. The van der Waals surface area contributed by atoms with E-state index in [1.165, 1.54) is 6.07 Å². The van der Waals surface area contributed by atoms with Gasteiger partial charge in [0.1, 0.15) is 5.82 Å². The summed E-state index contributed by atoms with van der Waals surface area (Å²) in [6.07, 6.45) is 0. The highest BCUT2D eigenvalue weighted by Crippen LogP contribution is 2.32. The Bertz CT molecular complexity index is 820. The summed E-state index contributed by atoms with van der Waals surface area (Å²) in [4.78, 5) is 4.30. The fraction of sp³-hybridized carbons (Fsp3) is 0. The second-order valence-electron chi connectivity index (χ2n) is 4.25. The predicted octanol–water partition coefficient (Wildman–Crippen LogP) is 4.65. The molecule has 0 radical (unpaired) electrons. The van der Waals surface area contributed by atoms with E-state index in [9.17, 15) is 4.39 Å². The van der Waals surface area contributed by atoms with Crippen LogP contribution in [-0.2, 0) is 0 Å². The summed E-state index contributed by atoms with van der Waals surface area (Å²) in [5, 5.41) is 3.90. The van der Waals surface area contributed by atoms with Crippen molar-refractivity contribution in [3.8, 4) is 22.8 Å². The largest absolute Gasteiger partial charge is 0.397 e. The molecule has 0 saturated carbocycles. The van der Waals surface area contributed by atoms with Crippen LogP contribution in [0.1, 0.15) is 0 Å². The number of nitrogens with two attached hydrogens (primary N) is 1. The molecule has 2 N–H and O–H groups in total. The van der Waals surface area contributed by atoms with Gasteiger partial charge in [0.25, 0.3) is 5.89 Å². The lowest BCUT2D eigenvalue weighted by Gasteiger charge is -2.01. The molecule has 0 unspecified atom stereocenters. The van der Waals surface area contributed by atoms with Crippen molar-refractivity contribution in [3.63, 3.8) is 0 Å². The molecule has 0 atom stereocenters. The number of aromatic nitrogens is 2. The Morgan fingerprint density at radius 2 is 1.90 bits per heavy atom. The third kappa shape index (κ3) is 2.71. The van der Waals surface area contributed by atoms with Gasteiger partial charge in [-0.15, -0.1) is 0 Å². The first-order valence-electron chi connectivity index (χ1n) is 5.90. The number of anilines is 1. The standard InChI is InChI=1S/C14H8Br2FN3O/c15-9-3-1-2-8(12(9)18)14-19-13(20-21-14)7-4-5-11(17)10(16)6-7/h1-6H,18H2. The molecule has 106 valence electrons. The highest BCUT2D eigenvalue weighted by atomic mass is 79.9. The van der Waals surface area contributed by atoms with Gasteiger partial charge in [0, 0.05) is 10.0 Å². The maximum Gasteiger partial charge on any atom is 0.260 e. The summed E-state index contributed by atoms with van der Waals surface area (Å²) in [7, 11) is 0. The van der Waals surface area contributed by atoms with Gasteiger partial charge < -0.3 is 10.3 Å². The molecule has 2 aromatic carbocycles. The summed E-state index contributed by atoms with van der Waals surface area (Å²) in [5.41, 5.74) is 7.78. The lowest BCUT2D eigenvalue weighted by molar-refractivity contribution is 0.432. The minimum Gasteiger partial charge on any atom is -0.397 e. The smallest absolute Gasteiger partial charge is 0.260 e. The van der Waals surface area contributed by atoms with Gasteiger partial charge in [-0.3, -0.25) is 0 Å². The Morgan fingerprint density at radius 1 is 1.10 bits per heavy atom. The molecule has 3 rings (SSSR count). The summed E-state index contributed by atoms with van der Waals surface area (Å²) in [6, 6.07) is 9.95. The van der Waals surface area contributed by atoms with E-state index in [0.29, 0.717) is 33.0 Å². The molecule has 7 heteroatoms. The van der Waals surface area contributed by atoms with E-state index in [4.69, 9.17) is 10.3 Å². The topological polar surface area (TPSA) is 64.9 Å². The Morgan fingerprint density at radius 3 is 2.67 bits per heavy atom. The molecule has 21 heavy (non-hydrogen) atoms. The lowest BCUT2D eigenvalue weighted by Crippen LogP contribution is -1.91. The molecule has 0 aliphatic heterocycles. The summed E-state index contributed by atoms with van der Waals surface area (Å²) in [5.74, 6) is 0.327. The van der Waals surface area contributed by atoms with Gasteiger partial charge in [-0.2, -0.15) is 4.98 Å². The van der Waals surface area contributed by atoms with Gasteiger partial charge in [0.15, 0.2) is 0 Å². The molecule has 0 fully saturated rings. The molecule has 1 heterocycles. The number of hydrogen-bond acceptors (Lipinski definition) is 4. The zero-order valence-corrected chi connectivity index (χ0v) is 13.7. The first kappa shape index (κ1) is 14.2. The molecule has 0 aliphatic rings. The summed E-state index contributed by atoms with van der Waals surface area (Å²) in [6.45, 7) is 0. The highest BCUT2D eigenvalue weighted by molar-refractivity contribution is 9.10. The second-order valence-corrected chi connectivity index (χ2v) is 5.96. The first-order valence-corrected chi connectivity index (χ1v) is 7.48. The molecule has 4 nitrogen and oxygen atoms in total. The number of para-hydroxylation sites is 1. The predicted molar refractivity (Wildman–Crippen MR) is 84.9 cm³/mol. The third-order valence-corrected chi connectivity index (χ3v) is 4.19. The number of benzene rings is 2. The van der Waals surface area contributed by atoms with Crippen molar-refractivity contribution >= 4 is 37.5 Å². The van der Waals surface area contributed by atoms with Crippen LogP contribution in [0.2, 0.25) is 0 Å². The van der Waals surface area contributed by atoms with E-state index in [-0.39, 0.29) is 5.82 Å². The zero-order valence-electron chi connectivity index (χ0n) is 10.5. The van der Waals surface area contributed by atoms with Crippen LogP contribution < -0.4 is 5.73 Å². The van der Waals surface area contributed by atoms with Gasteiger partial charge in [-0.05, 0) is 62.2 Å². The van der Waals surface area contributed by atoms with E-state index in [1.807, 2.05) is 12.1 Å². The van der Waals surface area contributed by atoms with Crippen molar-refractivity contribution in [3.05, 3.63) is 51.2 Å². The fourth-order valence-electron chi connectivity index (χ4n) is 1.81. The third-order valence-electron chi connectivity index (χ3n) is 2.89. The Hall–Kier alpha value is -1.73. The number of halogens is 3. The van der Waals surface area contributed by atoms with Crippen LogP contribution in [0.15, 0.2) is 49.9 Å². The van der Waals surface area contributed by atoms with Crippen molar-refractivity contribution in [2.75, 3.05) is 5.73 Å². The molecule has 0 saturated heterocycles. The van der Waals surface area contributed by atoms with Crippen LogP contribution in [0.3, 0.4) is 0 Å². The summed E-state index contributed by atoms with van der Waals surface area (Å²) >= 11 is 6.48. The Balaban J connectivity index is 2.03. The van der Waals surface area contributed by atoms with Gasteiger partial charge in [-0.25, -0.2) is 4.39 Å². The molecule has 0 aliphatic carbocycles. The maximum atomic E-state index is 13.2. The van der Waals surface area contributed by atoms with Crippen molar-refractivity contribution in [1.82, 2.24) is 10.1 Å². The monoisotopic (exact) mass is 411 g/mol. The van der Waals surface area contributed by atoms with E-state index in [1.54, 1.807) is 18.2 Å². The molecule has 0 amide bonds. The maximum absolute atomic E-state index is 13.2. The number of hydrogen-bond donors (Lipinski definition) is 1. The van der Waals surface area contributed by atoms with Crippen molar-refractivity contribution < 1.29 is 8.91 Å². The van der Waals surface area contributed by atoms with Crippen molar-refractivity contribution in [1.29, 1.82) is 0 Å². The molecule has 0 spiro atoms. The number of nitrogens with zero attached hydrogens (tertiary/aromatic N) is 2. The van der Waals surface area contributed by atoms with Crippen LogP contribution in [0.5, 0.6) is 0 Å². The van der Waals surface area contributed by atoms with Crippen LogP contribution in [-0.4, -0.2) is 10.1 Å². The second kappa shape index (κ2) is 5.57. The summed E-state index contributed by atoms with van der Waals surface area (Å²) < 4.78 is 19.6. The lowest BCUT2D eigenvalue weighted by atomic mass is 10.2. The molecule has 1 aromatic heterocycles. The minimum atomic E-state index is -0.348. The van der Waals surface area contributed by atoms with E-state index in [2.05, 4.69) is 42.0 Å². The molecule has 3 aromatic rings. The SMILES string of the molecule is Nc1c(Br)cccc1-c1nc(-c2ccc(F)c(Br)c2)no1. The Kier molecular flexibility index (Phi) is 3.77.